The van der Waals surface area contributed by atoms with Gasteiger partial charge in [0.2, 0.25) is 0 Å². The van der Waals surface area contributed by atoms with Crippen molar-refractivity contribution >= 4 is 39.5 Å². The molecule has 0 aliphatic heterocycles. The second-order valence-electron chi connectivity index (χ2n) is 25.6. The van der Waals surface area contributed by atoms with Crippen LogP contribution < -0.4 is 0 Å². The molecule has 0 rings (SSSR count). The fraction of sp³-hybridized carbons (Fsp3) is 0.747. The predicted molar refractivity (Wildman–Crippen MR) is 399 cm³/mol. The normalized spacial score (nSPS) is 14.5. The average molecular weight is 1420 g/mol. The van der Waals surface area contributed by atoms with Crippen molar-refractivity contribution in [2.75, 3.05) is 39.6 Å². The SMILES string of the molecule is CC/C=C\C/C=C\C/C=C\CCCCCCCC(=O)OCC(COP(=O)(O)OCC(O)COP(=O)(O)OCC(COC(=O)CCCCCCCC/C=C\C/C=C\C/C=C\CCCCC)OC(=O)CCCCCCC/C=C\C/C=C\CCC)OC(=O)CCCCCCCCCCCCC. The second-order valence-corrected chi connectivity index (χ2v) is 28.5. The zero-order chi connectivity index (χ0) is 71.8. The molecule has 0 aliphatic rings. The lowest BCUT2D eigenvalue weighted by molar-refractivity contribution is -0.161. The molecule has 5 unspecified atom stereocenters. The molecule has 5 atom stereocenters. The maximum atomic E-state index is 13.1. The van der Waals surface area contributed by atoms with Crippen LogP contribution in [0.15, 0.2) is 97.2 Å². The van der Waals surface area contributed by atoms with E-state index in [1.807, 2.05) is 0 Å². The summed E-state index contributed by atoms with van der Waals surface area (Å²) in [4.78, 5) is 72.8. The van der Waals surface area contributed by atoms with E-state index >= 15 is 0 Å². The van der Waals surface area contributed by atoms with Crippen LogP contribution in [0.2, 0.25) is 0 Å². The molecular formula is C79H138O17P2. The van der Waals surface area contributed by atoms with Gasteiger partial charge in [-0.3, -0.25) is 37.3 Å². The minimum absolute atomic E-state index is 0.0758. The Bertz CT molecular complexity index is 2240. The Hall–Kier alpha value is -4.02. The van der Waals surface area contributed by atoms with Crippen LogP contribution in [0.5, 0.6) is 0 Å². The Morgan fingerprint density at radius 1 is 0.296 bits per heavy atom. The van der Waals surface area contributed by atoms with Crippen molar-refractivity contribution in [2.24, 2.45) is 0 Å². The zero-order valence-electron chi connectivity index (χ0n) is 61.7. The van der Waals surface area contributed by atoms with Crippen LogP contribution in [0, 0.1) is 0 Å². The first-order chi connectivity index (χ1) is 47.7. The minimum atomic E-state index is -4.98. The molecule has 0 saturated heterocycles. The monoisotopic (exact) mass is 1420 g/mol. The number of rotatable bonds is 72. The van der Waals surface area contributed by atoms with Crippen LogP contribution in [0.1, 0.15) is 323 Å². The van der Waals surface area contributed by atoms with Crippen molar-refractivity contribution in [3.63, 3.8) is 0 Å². The van der Waals surface area contributed by atoms with Gasteiger partial charge in [-0.2, -0.15) is 0 Å². The lowest BCUT2D eigenvalue weighted by atomic mass is 10.1. The van der Waals surface area contributed by atoms with Crippen LogP contribution in [-0.2, 0) is 65.4 Å². The zero-order valence-corrected chi connectivity index (χ0v) is 63.5. The summed E-state index contributed by atoms with van der Waals surface area (Å²) in [5, 5.41) is 10.6. The van der Waals surface area contributed by atoms with E-state index in [9.17, 15) is 43.2 Å². The molecule has 19 heteroatoms. The van der Waals surface area contributed by atoms with Crippen LogP contribution in [-0.4, -0.2) is 96.7 Å². The number of unbranched alkanes of at least 4 members (excludes halogenated alkanes) is 30. The minimum Gasteiger partial charge on any atom is -0.462 e. The molecule has 566 valence electrons. The quantitative estimate of drug-likeness (QED) is 0.0169. The van der Waals surface area contributed by atoms with Crippen molar-refractivity contribution < 1.29 is 80.2 Å². The number of phosphoric acid groups is 2. The first kappa shape index (κ1) is 94.0. The van der Waals surface area contributed by atoms with Crippen LogP contribution in [0.3, 0.4) is 0 Å². The smallest absolute Gasteiger partial charge is 0.462 e. The molecule has 0 saturated carbocycles. The molecule has 3 N–H and O–H groups in total. The molecule has 0 amide bonds. The summed E-state index contributed by atoms with van der Waals surface area (Å²) in [6.07, 6.45) is 74.0. The Labute approximate surface area is 595 Å². The van der Waals surface area contributed by atoms with E-state index in [0.717, 1.165) is 186 Å². The molecule has 0 fully saturated rings. The van der Waals surface area contributed by atoms with Gasteiger partial charge in [-0.05, 0) is 122 Å². The van der Waals surface area contributed by atoms with Gasteiger partial charge in [0.1, 0.15) is 19.3 Å². The van der Waals surface area contributed by atoms with Gasteiger partial charge in [0.05, 0.1) is 26.4 Å². The van der Waals surface area contributed by atoms with E-state index in [-0.39, 0.29) is 25.7 Å². The number of esters is 4. The van der Waals surface area contributed by atoms with Gasteiger partial charge in [0, 0.05) is 25.7 Å². The topological polar surface area (TPSA) is 237 Å². The molecule has 0 aliphatic carbocycles. The summed E-state index contributed by atoms with van der Waals surface area (Å²) in [6.45, 7) is 4.63. The number of aliphatic hydroxyl groups excluding tert-OH is 1. The number of hydrogen-bond acceptors (Lipinski definition) is 15. The Kier molecular flexibility index (Phi) is 68.4. The van der Waals surface area contributed by atoms with Crippen molar-refractivity contribution in [3.8, 4) is 0 Å². The molecule has 0 bridgehead atoms. The van der Waals surface area contributed by atoms with Gasteiger partial charge in [0.25, 0.3) is 0 Å². The predicted octanol–water partition coefficient (Wildman–Crippen LogP) is 22.0. The van der Waals surface area contributed by atoms with E-state index in [4.69, 9.17) is 37.0 Å². The molecule has 0 aromatic carbocycles. The van der Waals surface area contributed by atoms with E-state index in [2.05, 4.69) is 125 Å². The maximum absolute atomic E-state index is 13.1. The van der Waals surface area contributed by atoms with E-state index in [1.165, 1.54) is 57.8 Å². The summed E-state index contributed by atoms with van der Waals surface area (Å²) in [5.41, 5.74) is 0. The third kappa shape index (κ3) is 70.4. The number of phosphoric ester groups is 2. The van der Waals surface area contributed by atoms with E-state index < -0.39 is 97.5 Å². The largest absolute Gasteiger partial charge is 0.472 e. The highest BCUT2D eigenvalue weighted by Gasteiger charge is 2.30. The maximum Gasteiger partial charge on any atom is 0.472 e. The highest BCUT2D eigenvalue weighted by atomic mass is 31.2. The van der Waals surface area contributed by atoms with Gasteiger partial charge >= 0.3 is 39.5 Å². The van der Waals surface area contributed by atoms with Crippen molar-refractivity contribution in [2.45, 2.75) is 341 Å². The fourth-order valence-corrected chi connectivity index (χ4v) is 11.7. The summed E-state index contributed by atoms with van der Waals surface area (Å²) in [5.74, 6) is -2.21. The van der Waals surface area contributed by atoms with E-state index in [0.29, 0.717) is 25.7 Å². The number of hydrogen-bond donors (Lipinski definition) is 3. The van der Waals surface area contributed by atoms with Crippen molar-refractivity contribution in [1.29, 1.82) is 0 Å². The molecule has 0 aromatic heterocycles. The number of allylic oxidation sites excluding steroid dienone is 16. The van der Waals surface area contributed by atoms with Crippen molar-refractivity contribution in [3.05, 3.63) is 97.2 Å². The molecule has 0 spiro atoms. The lowest BCUT2D eigenvalue weighted by Crippen LogP contribution is -2.30. The van der Waals surface area contributed by atoms with Crippen molar-refractivity contribution in [1.82, 2.24) is 0 Å². The summed E-state index contributed by atoms with van der Waals surface area (Å²) >= 11 is 0. The van der Waals surface area contributed by atoms with Crippen LogP contribution in [0.4, 0.5) is 0 Å². The number of carbonyl (C=O) groups is 4. The molecule has 0 radical (unpaired) electrons. The summed E-state index contributed by atoms with van der Waals surface area (Å²) in [7, 11) is -9.95. The first-order valence-corrected chi connectivity index (χ1v) is 41.5. The number of aliphatic hydroxyl groups is 1. The highest BCUT2D eigenvalue weighted by molar-refractivity contribution is 7.47. The fourth-order valence-electron chi connectivity index (χ4n) is 10.2. The first-order valence-electron chi connectivity index (χ1n) is 38.5. The van der Waals surface area contributed by atoms with Crippen LogP contribution in [0.25, 0.3) is 0 Å². The van der Waals surface area contributed by atoms with Gasteiger partial charge < -0.3 is 33.8 Å². The highest BCUT2D eigenvalue weighted by Crippen LogP contribution is 2.45. The van der Waals surface area contributed by atoms with E-state index in [1.54, 1.807) is 0 Å². The third-order valence-corrected chi connectivity index (χ3v) is 17.9. The number of ether oxygens (including phenoxy) is 4. The van der Waals surface area contributed by atoms with Gasteiger partial charge in [-0.1, -0.05) is 273 Å². The molecular weight excluding hydrogens is 1280 g/mol. The lowest BCUT2D eigenvalue weighted by Gasteiger charge is -2.21. The van der Waals surface area contributed by atoms with Gasteiger partial charge in [0.15, 0.2) is 12.2 Å². The Morgan fingerprint density at radius 2 is 0.551 bits per heavy atom. The standard InChI is InChI=1S/C79H138O17P2/c1-5-9-13-17-21-25-29-32-34-35-36-37-39-42-45-48-52-56-60-64-77(82)90-70-75(96-79(84)66-62-58-54-50-46-40-31-27-23-19-15-11-7-3)72-94-98(87,88)92-68-73(80)67-91-97(85,86)93-71-74(95-78(83)65-61-57-53-49-43-28-24-20-16-12-8-4)69-89-76(81)63-59-55-51-47-44-41-38-33-30-26-22-18-14-10-6-2/h10,14-15,19,21-22,25-27,31-34,36-38,73-75,80H,5-9,11-13,16-18,20,23-24,28-30,35,39-72H2,1-4H3,(H,85,86)(H,87,88)/b14-10-,19-15-,25-21-,26-22-,31-27-,34-32-,37-36-,38-33-. The molecule has 0 aromatic rings. The number of carbonyl (C=O) groups excluding carboxylic acids is 4. The molecule has 0 heterocycles. The Morgan fingerprint density at radius 3 is 0.878 bits per heavy atom. The summed E-state index contributed by atoms with van der Waals surface area (Å²) < 4.78 is 68.4. The third-order valence-electron chi connectivity index (χ3n) is 16.0. The molecule has 17 nitrogen and oxygen atoms in total. The molecule has 98 heavy (non-hydrogen) atoms. The van der Waals surface area contributed by atoms with Crippen LogP contribution >= 0.6 is 15.6 Å². The Balaban J connectivity index is 5.32. The van der Waals surface area contributed by atoms with Gasteiger partial charge in [-0.15, -0.1) is 0 Å². The van der Waals surface area contributed by atoms with Gasteiger partial charge in [-0.25, -0.2) is 9.13 Å². The summed E-state index contributed by atoms with van der Waals surface area (Å²) in [6, 6.07) is 0. The average Bonchev–Trinajstić information content (AvgIpc) is 1.94. The second kappa shape index (κ2) is 71.4.